The smallest absolute Gasteiger partial charge is 0.338 e. The zero-order chi connectivity index (χ0) is 25.7. The number of fused-ring (bicyclic) bond motifs is 1. The highest BCUT2D eigenvalue weighted by molar-refractivity contribution is 8.16. The molecule has 0 radical (unpaired) electrons. The van der Waals surface area contributed by atoms with Crippen molar-refractivity contribution in [3.8, 4) is 5.75 Å². The molecule has 0 spiro atoms. The maximum atomic E-state index is 13.0. The Labute approximate surface area is 215 Å². The van der Waals surface area contributed by atoms with Gasteiger partial charge in [0.25, 0.3) is 0 Å². The van der Waals surface area contributed by atoms with Crippen LogP contribution in [-0.4, -0.2) is 66.6 Å². The van der Waals surface area contributed by atoms with Crippen LogP contribution in [0.2, 0.25) is 0 Å². The molecule has 1 N–H and O–H groups in total. The number of nitrogens with one attached hydrogen (secondary N) is 1. The fraction of sp³-hybridized carbons (Fsp3) is 0.462. The van der Waals surface area contributed by atoms with Crippen molar-refractivity contribution in [2.75, 3.05) is 33.9 Å². The van der Waals surface area contributed by atoms with Gasteiger partial charge in [-0.15, -0.1) is 0 Å². The van der Waals surface area contributed by atoms with Crippen molar-refractivity contribution >= 4 is 34.7 Å². The lowest BCUT2D eigenvalue weighted by atomic mass is 9.92. The van der Waals surface area contributed by atoms with E-state index in [4.69, 9.17) is 14.5 Å². The number of amides is 2. The van der Waals surface area contributed by atoms with E-state index in [1.165, 1.54) is 18.9 Å². The van der Waals surface area contributed by atoms with Gasteiger partial charge in [0.1, 0.15) is 5.75 Å². The predicted octanol–water partition coefficient (Wildman–Crippen LogP) is 3.35. The lowest BCUT2D eigenvalue weighted by Crippen LogP contribution is -2.38. The zero-order valence-corrected chi connectivity index (χ0v) is 21.7. The minimum absolute atomic E-state index is 0.120. The Hall–Kier alpha value is -3.27. The summed E-state index contributed by atoms with van der Waals surface area (Å²) in [6.07, 6.45) is 2.95. The van der Waals surface area contributed by atoms with Gasteiger partial charge in [-0.3, -0.25) is 9.59 Å². The van der Waals surface area contributed by atoms with E-state index in [1.807, 2.05) is 46.4 Å². The van der Waals surface area contributed by atoms with Crippen LogP contribution in [0.4, 0.5) is 0 Å². The number of hydrogen-bond donors (Lipinski definition) is 1. The fourth-order valence-corrected chi connectivity index (χ4v) is 5.64. The molecule has 2 amide bonds. The number of ether oxygens (including phenoxy) is 2. The Morgan fingerprint density at radius 1 is 1.28 bits per heavy atom. The number of esters is 1. The third kappa shape index (κ3) is 5.43. The molecule has 1 atom stereocenters. The highest BCUT2D eigenvalue weighted by atomic mass is 32.2. The number of benzene rings is 1. The normalized spacial score (nSPS) is 19.2. The first-order valence-electron chi connectivity index (χ1n) is 12.2. The van der Waals surface area contributed by atoms with Crippen molar-refractivity contribution < 1.29 is 23.9 Å². The Morgan fingerprint density at radius 3 is 2.81 bits per heavy atom. The van der Waals surface area contributed by atoms with E-state index in [2.05, 4.69) is 5.32 Å². The Morgan fingerprint density at radius 2 is 2.11 bits per heavy atom. The van der Waals surface area contributed by atoms with Crippen LogP contribution in [0.1, 0.15) is 50.6 Å². The number of amidine groups is 1. The average molecular weight is 513 g/mol. The molecule has 0 aliphatic carbocycles. The number of thioether (sulfide) groups is 1. The lowest BCUT2D eigenvalue weighted by Gasteiger charge is -2.36. The van der Waals surface area contributed by atoms with Crippen LogP contribution in [0.5, 0.6) is 5.75 Å². The fourth-order valence-electron chi connectivity index (χ4n) is 4.70. The number of likely N-dealkylation sites (tertiary alicyclic amines) is 1. The molecule has 3 heterocycles. The molecule has 0 unspecified atom stereocenters. The number of carbonyl (C=O) groups excluding carboxylic acids is 3. The molecule has 192 valence electrons. The molecule has 9 nitrogen and oxygen atoms in total. The summed E-state index contributed by atoms with van der Waals surface area (Å²) in [6, 6.07) is 7.06. The van der Waals surface area contributed by atoms with Crippen molar-refractivity contribution in [1.29, 1.82) is 0 Å². The predicted molar refractivity (Wildman–Crippen MR) is 138 cm³/mol. The summed E-state index contributed by atoms with van der Waals surface area (Å²) in [5, 5.41) is 5.61. The van der Waals surface area contributed by atoms with Crippen LogP contribution in [-0.2, 0) is 19.1 Å². The summed E-state index contributed by atoms with van der Waals surface area (Å²) in [5.74, 6) is 0.297. The minimum Gasteiger partial charge on any atom is -0.497 e. The maximum absolute atomic E-state index is 13.0. The average Bonchev–Trinajstić information content (AvgIpc) is 3.50. The van der Waals surface area contributed by atoms with E-state index in [-0.39, 0.29) is 18.2 Å². The molecule has 0 aromatic heterocycles. The van der Waals surface area contributed by atoms with Gasteiger partial charge in [0.15, 0.2) is 5.17 Å². The molecule has 3 aliphatic rings. The lowest BCUT2D eigenvalue weighted by molar-refractivity contribution is -0.137. The van der Waals surface area contributed by atoms with Crippen LogP contribution >= 0.6 is 11.8 Å². The molecular weight excluding hydrogens is 480 g/mol. The second-order valence-electron chi connectivity index (χ2n) is 8.74. The Bertz CT molecular complexity index is 1130. The van der Waals surface area contributed by atoms with Crippen LogP contribution in [0.3, 0.4) is 0 Å². The van der Waals surface area contributed by atoms with Crippen LogP contribution in [0, 0.1) is 0 Å². The van der Waals surface area contributed by atoms with Crippen molar-refractivity contribution in [2.45, 2.75) is 45.1 Å². The van der Waals surface area contributed by atoms with Gasteiger partial charge in [0.2, 0.25) is 11.8 Å². The standard InChI is InChI=1S/C26H32N4O5S/c1-4-20-23(25(33)35-3)24(17-8-5-9-19(14-17)34-2)30-18(16-36-26(30)28-20)15-21(31)27-11-7-13-29-12-6-10-22(29)32/h5,8-9,14,16,24H,4,6-7,10-13,15H2,1-3H3,(H,27,31)/t24-/m0/s1. The summed E-state index contributed by atoms with van der Waals surface area (Å²) < 4.78 is 10.6. The van der Waals surface area contributed by atoms with Gasteiger partial charge in [-0.25, -0.2) is 9.79 Å². The third-order valence-corrected chi connectivity index (χ3v) is 7.37. The van der Waals surface area contributed by atoms with Gasteiger partial charge in [0, 0.05) is 31.8 Å². The molecule has 36 heavy (non-hydrogen) atoms. The molecule has 0 bridgehead atoms. The number of methoxy groups -OCH3 is 2. The summed E-state index contributed by atoms with van der Waals surface area (Å²) in [6.45, 7) is 3.91. The molecule has 0 saturated carbocycles. The van der Waals surface area contributed by atoms with Gasteiger partial charge in [-0.1, -0.05) is 30.8 Å². The van der Waals surface area contributed by atoms with Gasteiger partial charge < -0.3 is 24.6 Å². The van der Waals surface area contributed by atoms with E-state index < -0.39 is 12.0 Å². The van der Waals surface area contributed by atoms with Gasteiger partial charge in [-0.05, 0) is 42.4 Å². The molecule has 3 aliphatic heterocycles. The van der Waals surface area contributed by atoms with Gasteiger partial charge >= 0.3 is 5.97 Å². The number of allylic oxidation sites excluding steroid dienone is 1. The second kappa shape index (κ2) is 11.6. The quantitative estimate of drug-likeness (QED) is 0.379. The first kappa shape index (κ1) is 25.8. The molecule has 1 aromatic carbocycles. The third-order valence-electron chi connectivity index (χ3n) is 6.48. The maximum Gasteiger partial charge on any atom is 0.338 e. The number of aliphatic imine (C=N–C) groups is 1. The van der Waals surface area contributed by atoms with Crippen LogP contribution in [0.25, 0.3) is 0 Å². The number of rotatable bonds is 10. The Balaban J connectivity index is 1.52. The summed E-state index contributed by atoms with van der Waals surface area (Å²) in [4.78, 5) is 46.1. The minimum atomic E-state index is -0.495. The van der Waals surface area contributed by atoms with Crippen LogP contribution < -0.4 is 10.1 Å². The summed E-state index contributed by atoms with van der Waals surface area (Å²) in [7, 11) is 2.96. The van der Waals surface area contributed by atoms with E-state index in [1.54, 1.807) is 7.11 Å². The van der Waals surface area contributed by atoms with Crippen molar-refractivity contribution in [3.05, 3.63) is 52.2 Å². The Kier molecular flexibility index (Phi) is 8.35. The largest absolute Gasteiger partial charge is 0.497 e. The van der Waals surface area contributed by atoms with Crippen molar-refractivity contribution in [3.63, 3.8) is 0 Å². The number of carbonyl (C=O) groups is 3. The SMILES string of the molecule is CCC1=C(C(=O)OC)[C@H](c2cccc(OC)c2)N2C(CC(=O)NCCCN3CCCC3=O)=CSC2=N1. The van der Waals surface area contributed by atoms with Gasteiger partial charge in [-0.2, -0.15) is 0 Å². The van der Waals surface area contributed by atoms with E-state index in [9.17, 15) is 14.4 Å². The number of nitrogens with zero attached hydrogens (tertiary/aromatic N) is 3. The molecule has 1 fully saturated rings. The van der Waals surface area contributed by atoms with Crippen molar-refractivity contribution in [1.82, 2.24) is 15.1 Å². The van der Waals surface area contributed by atoms with Crippen LogP contribution in [0.15, 0.2) is 51.6 Å². The highest BCUT2D eigenvalue weighted by Crippen LogP contribution is 2.45. The summed E-state index contributed by atoms with van der Waals surface area (Å²) in [5.41, 5.74) is 2.73. The monoisotopic (exact) mass is 512 g/mol. The van der Waals surface area contributed by atoms with Gasteiger partial charge in [0.05, 0.1) is 38.0 Å². The first-order valence-corrected chi connectivity index (χ1v) is 13.1. The topological polar surface area (TPSA) is 101 Å². The molecule has 1 saturated heterocycles. The van der Waals surface area contributed by atoms with E-state index >= 15 is 0 Å². The molecule has 10 heteroatoms. The van der Waals surface area contributed by atoms with Crippen molar-refractivity contribution in [2.24, 2.45) is 4.99 Å². The van der Waals surface area contributed by atoms with E-state index in [0.717, 1.165) is 29.4 Å². The molecular formula is C26H32N4O5S. The summed E-state index contributed by atoms with van der Waals surface area (Å²) >= 11 is 1.44. The second-order valence-corrected chi connectivity index (χ2v) is 9.58. The molecule has 4 rings (SSSR count). The van der Waals surface area contributed by atoms with E-state index in [0.29, 0.717) is 49.4 Å². The zero-order valence-electron chi connectivity index (χ0n) is 20.9. The highest BCUT2D eigenvalue weighted by Gasteiger charge is 2.41. The number of hydrogen-bond acceptors (Lipinski definition) is 8. The molecule has 1 aromatic rings. The first-order chi connectivity index (χ1) is 17.5.